The molecule has 2 fully saturated rings. The second kappa shape index (κ2) is 9.36. The van der Waals surface area contributed by atoms with Gasteiger partial charge in [0, 0.05) is 29.6 Å². The molecule has 0 unspecified atom stereocenters. The Morgan fingerprint density at radius 1 is 0.974 bits per heavy atom. The van der Waals surface area contributed by atoms with Crippen LogP contribution in [0.25, 0.3) is 0 Å². The largest absolute Gasteiger partial charge is 0.511 e. The number of carbonyl (C=O) groups excluding carboxylic acids is 2. The molecule has 2 bridgehead atoms. The van der Waals surface area contributed by atoms with Gasteiger partial charge in [-0.25, -0.2) is 4.79 Å². The Morgan fingerprint density at radius 2 is 1.68 bits per heavy atom. The van der Waals surface area contributed by atoms with E-state index in [0.717, 1.165) is 36.0 Å². The van der Waals surface area contributed by atoms with E-state index >= 15 is 0 Å². The number of Topliss-reactive ketones (excluding diaryl/α,β-unsaturated/α-hetero) is 1. The number of aliphatic hydroxyl groups excluding tert-OH is 2. The van der Waals surface area contributed by atoms with Crippen molar-refractivity contribution in [1.82, 2.24) is 0 Å². The summed E-state index contributed by atoms with van der Waals surface area (Å²) in [5, 5.41) is 23.4. The predicted octanol–water partition coefficient (Wildman–Crippen LogP) is 6.56. The first-order chi connectivity index (χ1) is 17.8. The Balaban J connectivity index is 1.80. The maximum absolute atomic E-state index is 14.4. The first kappa shape index (κ1) is 27.2. The molecule has 1 saturated heterocycles. The maximum atomic E-state index is 14.4. The van der Waals surface area contributed by atoms with Gasteiger partial charge in [-0.2, -0.15) is 0 Å². The SMILES string of the molecule is CC1=C[C@H]2/C=C(\C)CC/C=C(\C)[C@@H]3C(C)=C[C@H]4[C@@H]([C@@H](C)CC[C@@H]4O)[C@]3(C)C(O)=C3C(=O)O[C@]2(C[C@H]1C)C3=O. The van der Waals surface area contributed by atoms with Crippen molar-refractivity contribution in [3.8, 4) is 0 Å². The fraction of sp³-hybridized carbons (Fsp3) is 0.636. The van der Waals surface area contributed by atoms with E-state index in [1.165, 1.54) is 5.57 Å². The van der Waals surface area contributed by atoms with Gasteiger partial charge in [0.15, 0.2) is 5.60 Å². The van der Waals surface area contributed by atoms with Crippen molar-refractivity contribution in [2.75, 3.05) is 0 Å². The van der Waals surface area contributed by atoms with Gasteiger partial charge in [0.25, 0.3) is 0 Å². The highest BCUT2D eigenvalue weighted by Crippen LogP contribution is 2.61. The number of hydrogen-bond acceptors (Lipinski definition) is 5. The minimum Gasteiger partial charge on any atom is -0.511 e. The normalized spacial score (nSPS) is 46.4. The van der Waals surface area contributed by atoms with E-state index in [-0.39, 0.29) is 46.8 Å². The molecule has 1 aliphatic heterocycles. The lowest BCUT2D eigenvalue weighted by Gasteiger charge is -2.55. The molecule has 2 N–H and O–H groups in total. The standard InChI is InChI=1S/C33H44O5/c1-17-9-8-10-18(2)27-21(5)15-24-25(34)12-11-19(3)28(24)32(27,7)29(35)26-30(36)33(38-31(26)37)16-22(6)20(4)14-23(33)13-17/h10,13-15,19,22-25,27-28,34-35H,8-9,11-12,16H2,1-7H3/b17-13+,18-10+,29-26?/t19-,22+,23+,24+,25-,27+,28+,32+,33-/m0/s1. The van der Waals surface area contributed by atoms with Crippen LogP contribution in [-0.2, 0) is 14.3 Å². The van der Waals surface area contributed by atoms with Gasteiger partial charge in [-0.1, -0.05) is 67.4 Å². The quantitative estimate of drug-likeness (QED) is 0.215. The van der Waals surface area contributed by atoms with Gasteiger partial charge >= 0.3 is 5.97 Å². The monoisotopic (exact) mass is 520 g/mol. The fourth-order valence-electron chi connectivity index (χ4n) is 8.77. The molecule has 1 heterocycles. The van der Waals surface area contributed by atoms with Crippen LogP contribution in [-0.4, -0.2) is 33.7 Å². The molecule has 4 aliphatic carbocycles. The molecule has 5 nitrogen and oxygen atoms in total. The summed E-state index contributed by atoms with van der Waals surface area (Å²) in [5.41, 5.74) is 2.09. The number of esters is 1. The molecule has 0 aromatic carbocycles. The summed E-state index contributed by atoms with van der Waals surface area (Å²) in [5.74, 6) is -1.80. The van der Waals surface area contributed by atoms with Gasteiger partial charge in [0.05, 0.1) is 6.10 Å². The topological polar surface area (TPSA) is 83.8 Å². The van der Waals surface area contributed by atoms with Crippen LogP contribution in [0.2, 0.25) is 0 Å². The molecular weight excluding hydrogens is 476 g/mol. The zero-order valence-electron chi connectivity index (χ0n) is 24.0. The molecule has 206 valence electrons. The van der Waals surface area contributed by atoms with Crippen LogP contribution in [0.4, 0.5) is 0 Å². The Morgan fingerprint density at radius 3 is 2.39 bits per heavy atom. The third-order valence-corrected chi connectivity index (χ3v) is 10.7. The third-order valence-electron chi connectivity index (χ3n) is 10.7. The number of ether oxygens (including phenoxy) is 1. The number of ketones is 1. The maximum Gasteiger partial charge on any atom is 0.346 e. The Kier molecular flexibility index (Phi) is 6.69. The van der Waals surface area contributed by atoms with E-state index in [1.54, 1.807) is 0 Å². The van der Waals surface area contributed by atoms with Gasteiger partial charge in [0.2, 0.25) is 5.78 Å². The van der Waals surface area contributed by atoms with Crippen LogP contribution >= 0.6 is 0 Å². The molecule has 1 saturated carbocycles. The second-order valence-corrected chi connectivity index (χ2v) is 13.2. The number of rotatable bonds is 0. The highest BCUT2D eigenvalue weighted by Gasteiger charge is 2.63. The van der Waals surface area contributed by atoms with Crippen LogP contribution in [0.15, 0.2) is 57.9 Å². The van der Waals surface area contributed by atoms with E-state index in [2.05, 4.69) is 65.8 Å². The highest BCUT2D eigenvalue weighted by molar-refractivity contribution is 6.26. The first-order valence-corrected chi connectivity index (χ1v) is 14.4. The molecule has 5 aliphatic rings. The van der Waals surface area contributed by atoms with Crippen molar-refractivity contribution < 1.29 is 24.5 Å². The number of hydrogen-bond donors (Lipinski definition) is 2. The summed E-state index contributed by atoms with van der Waals surface area (Å²) in [7, 11) is 0. The minimum absolute atomic E-state index is 0.0823. The lowest BCUT2D eigenvalue weighted by molar-refractivity contribution is -0.156. The average molecular weight is 521 g/mol. The molecule has 0 aromatic rings. The highest BCUT2D eigenvalue weighted by atomic mass is 16.6. The summed E-state index contributed by atoms with van der Waals surface area (Å²) in [6, 6.07) is 0. The van der Waals surface area contributed by atoms with Crippen LogP contribution in [0.5, 0.6) is 0 Å². The smallest absolute Gasteiger partial charge is 0.346 e. The van der Waals surface area contributed by atoms with Gasteiger partial charge in [0.1, 0.15) is 11.3 Å². The molecule has 0 amide bonds. The Labute approximate surface area is 227 Å². The van der Waals surface area contributed by atoms with E-state index in [1.807, 2.05) is 6.92 Å². The second-order valence-electron chi connectivity index (χ2n) is 13.2. The molecule has 9 atom stereocenters. The summed E-state index contributed by atoms with van der Waals surface area (Å²) >= 11 is 0. The minimum atomic E-state index is -1.33. The molecule has 1 spiro atoms. The van der Waals surface area contributed by atoms with Crippen molar-refractivity contribution in [3.05, 3.63) is 57.9 Å². The fourth-order valence-corrected chi connectivity index (χ4v) is 8.77. The molecule has 5 heteroatoms. The number of fused-ring (bicyclic) bond motifs is 4. The molecule has 0 radical (unpaired) electrons. The van der Waals surface area contributed by atoms with Gasteiger partial charge < -0.3 is 14.9 Å². The van der Waals surface area contributed by atoms with Crippen LogP contribution < -0.4 is 0 Å². The molecule has 38 heavy (non-hydrogen) atoms. The van der Waals surface area contributed by atoms with Gasteiger partial charge in [-0.05, 0) is 71.1 Å². The first-order valence-electron chi connectivity index (χ1n) is 14.4. The number of aliphatic hydroxyl groups is 2. The summed E-state index contributed by atoms with van der Waals surface area (Å²) < 4.78 is 6.10. The molecule has 0 aromatic heterocycles. The molecular formula is C33H44O5. The van der Waals surface area contributed by atoms with Crippen molar-refractivity contribution in [3.63, 3.8) is 0 Å². The summed E-state index contributed by atoms with van der Waals surface area (Å²) in [6.07, 6.45) is 11.7. The van der Waals surface area contributed by atoms with Gasteiger partial charge in [-0.3, -0.25) is 4.79 Å². The summed E-state index contributed by atoms with van der Waals surface area (Å²) in [6.45, 7) is 14.6. The number of allylic oxidation sites excluding steroid dienone is 6. The van der Waals surface area contributed by atoms with E-state index in [0.29, 0.717) is 12.8 Å². The van der Waals surface area contributed by atoms with Crippen LogP contribution in [0, 0.1) is 40.9 Å². The number of carbonyl (C=O) groups is 2. The predicted molar refractivity (Wildman–Crippen MR) is 148 cm³/mol. The van der Waals surface area contributed by atoms with Crippen LogP contribution in [0.1, 0.15) is 80.6 Å². The summed E-state index contributed by atoms with van der Waals surface area (Å²) in [4.78, 5) is 28.1. The third kappa shape index (κ3) is 3.83. The van der Waals surface area contributed by atoms with E-state index < -0.39 is 28.9 Å². The van der Waals surface area contributed by atoms with Crippen LogP contribution in [0.3, 0.4) is 0 Å². The molecule has 5 rings (SSSR count). The lowest BCUT2D eigenvalue weighted by atomic mass is 9.49. The van der Waals surface area contributed by atoms with E-state index in [4.69, 9.17) is 4.74 Å². The van der Waals surface area contributed by atoms with Crippen molar-refractivity contribution in [1.29, 1.82) is 0 Å². The van der Waals surface area contributed by atoms with Gasteiger partial charge in [-0.15, -0.1) is 0 Å². The lowest BCUT2D eigenvalue weighted by Crippen LogP contribution is -2.53. The zero-order valence-corrected chi connectivity index (χ0v) is 24.0. The Bertz CT molecular complexity index is 1210. The Hall–Kier alpha value is -2.40. The van der Waals surface area contributed by atoms with Crippen molar-refractivity contribution >= 4 is 11.8 Å². The van der Waals surface area contributed by atoms with Crippen molar-refractivity contribution in [2.24, 2.45) is 40.9 Å². The van der Waals surface area contributed by atoms with Crippen molar-refractivity contribution in [2.45, 2.75) is 92.3 Å². The van der Waals surface area contributed by atoms with E-state index in [9.17, 15) is 19.8 Å². The zero-order chi connectivity index (χ0) is 27.7. The average Bonchev–Trinajstić information content (AvgIpc) is 3.08.